The molecule has 2 aromatic carbocycles. The van der Waals surface area contributed by atoms with Gasteiger partial charge in [-0.15, -0.1) is 11.8 Å². The standard InChI is InChI=1S/C23H24N4O5S/c1-30-18-7-3-16(4-8-18)27(17-5-9-19(31-2)10-6-17)15-24-20-11-12-26(23(29)25-20)21-14-33-22(13-28)32-21/h3-12,15,21-22,28H,13-14H2,1-2H3. The molecule has 1 saturated heterocycles. The fourth-order valence-electron chi connectivity index (χ4n) is 3.26. The van der Waals surface area contributed by atoms with Crippen molar-refractivity contribution in [2.45, 2.75) is 11.7 Å². The number of aliphatic imine (C=N–C) groups is 1. The first-order valence-corrected chi connectivity index (χ1v) is 11.2. The Kier molecular flexibility index (Phi) is 7.28. The summed E-state index contributed by atoms with van der Waals surface area (Å²) in [5.41, 5.74) is 0.908. The zero-order valence-electron chi connectivity index (χ0n) is 18.2. The highest BCUT2D eigenvalue weighted by Gasteiger charge is 2.27. The van der Waals surface area contributed by atoms with Crippen LogP contribution in [0.3, 0.4) is 0 Å². The van der Waals surface area contributed by atoms with Crippen molar-refractivity contribution in [2.75, 3.05) is 31.5 Å². The minimum Gasteiger partial charge on any atom is -0.497 e. The van der Waals surface area contributed by atoms with E-state index in [0.29, 0.717) is 5.75 Å². The topological polar surface area (TPSA) is 98.4 Å². The maximum atomic E-state index is 12.5. The third-order valence-corrected chi connectivity index (χ3v) is 6.12. The van der Waals surface area contributed by atoms with E-state index in [4.69, 9.17) is 14.2 Å². The average Bonchev–Trinajstić information content (AvgIpc) is 3.34. The molecule has 9 nitrogen and oxygen atoms in total. The Hall–Kier alpha value is -3.34. The van der Waals surface area contributed by atoms with Gasteiger partial charge in [-0.05, 0) is 54.6 Å². The van der Waals surface area contributed by atoms with Crippen molar-refractivity contribution in [1.82, 2.24) is 9.55 Å². The smallest absolute Gasteiger partial charge is 0.351 e. The second kappa shape index (κ2) is 10.5. The van der Waals surface area contributed by atoms with Crippen LogP contribution < -0.4 is 20.1 Å². The number of thioether (sulfide) groups is 1. The Bertz CT molecular complexity index is 1100. The van der Waals surface area contributed by atoms with Gasteiger partial charge in [0.1, 0.15) is 29.5 Å². The van der Waals surface area contributed by atoms with Crippen LogP contribution in [0.2, 0.25) is 0 Å². The van der Waals surface area contributed by atoms with Crippen LogP contribution in [0.1, 0.15) is 6.23 Å². The molecule has 1 aromatic heterocycles. The Morgan fingerprint density at radius 2 is 1.73 bits per heavy atom. The summed E-state index contributed by atoms with van der Waals surface area (Å²) in [7, 11) is 3.23. The van der Waals surface area contributed by atoms with Gasteiger partial charge in [0.2, 0.25) is 0 Å². The van der Waals surface area contributed by atoms with Crippen molar-refractivity contribution in [3.63, 3.8) is 0 Å². The lowest BCUT2D eigenvalue weighted by Crippen LogP contribution is -2.28. The molecular weight excluding hydrogens is 444 g/mol. The Labute approximate surface area is 195 Å². The van der Waals surface area contributed by atoms with Crippen LogP contribution in [0, 0.1) is 0 Å². The van der Waals surface area contributed by atoms with Gasteiger partial charge in [-0.2, -0.15) is 4.98 Å². The number of nitrogens with zero attached hydrogens (tertiary/aromatic N) is 4. The van der Waals surface area contributed by atoms with Crippen molar-refractivity contribution in [2.24, 2.45) is 4.99 Å². The van der Waals surface area contributed by atoms with Gasteiger partial charge < -0.3 is 24.2 Å². The van der Waals surface area contributed by atoms with Crippen LogP contribution in [-0.2, 0) is 4.74 Å². The molecule has 2 heterocycles. The molecule has 0 radical (unpaired) electrons. The minimum atomic E-state index is -0.464. The van der Waals surface area contributed by atoms with Crippen LogP contribution in [0.25, 0.3) is 0 Å². The van der Waals surface area contributed by atoms with Crippen molar-refractivity contribution in [3.8, 4) is 11.5 Å². The van der Waals surface area contributed by atoms with E-state index in [1.54, 1.807) is 32.8 Å². The van der Waals surface area contributed by atoms with E-state index in [2.05, 4.69) is 9.98 Å². The molecule has 10 heteroatoms. The van der Waals surface area contributed by atoms with Gasteiger partial charge in [0.05, 0.1) is 20.8 Å². The Morgan fingerprint density at radius 3 is 2.21 bits per heavy atom. The summed E-state index contributed by atoms with van der Waals surface area (Å²) < 4.78 is 17.6. The first kappa shape index (κ1) is 22.8. The monoisotopic (exact) mass is 468 g/mol. The van der Waals surface area contributed by atoms with E-state index in [1.165, 1.54) is 16.3 Å². The van der Waals surface area contributed by atoms with E-state index in [-0.39, 0.29) is 17.9 Å². The number of aliphatic hydroxyl groups excluding tert-OH is 1. The largest absolute Gasteiger partial charge is 0.497 e. The number of aromatic nitrogens is 2. The van der Waals surface area contributed by atoms with Gasteiger partial charge in [-0.3, -0.25) is 4.57 Å². The molecule has 172 valence electrons. The molecule has 2 unspecified atom stereocenters. The number of methoxy groups -OCH3 is 2. The Morgan fingerprint density at radius 1 is 1.12 bits per heavy atom. The number of rotatable bonds is 8. The molecule has 0 aliphatic carbocycles. The van der Waals surface area contributed by atoms with Crippen LogP contribution in [0.4, 0.5) is 17.2 Å². The number of ether oxygens (including phenoxy) is 3. The minimum absolute atomic E-state index is 0.0989. The van der Waals surface area contributed by atoms with Crippen LogP contribution in [0.15, 0.2) is 70.6 Å². The van der Waals surface area contributed by atoms with Crippen LogP contribution in [-0.4, -0.2) is 53.0 Å². The number of hydrogen-bond acceptors (Lipinski definition) is 8. The zero-order chi connectivity index (χ0) is 23.2. The molecule has 0 spiro atoms. The van der Waals surface area contributed by atoms with E-state index < -0.39 is 11.9 Å². The van der Waals surface area contributed by atoms with Crippen molar-refractivity contribution in [1.29, 1.82) is 0 Å². The van der Waals surface area contributed by atoms with Crippen molar-refractivity contribution >= 4 is 35.3 Å². The molecule has 1 fully saturated rings. The molecule has 1 N–H and O–H groups in total. The van der Waals surface area contributed by atoms with E-state index in [1.807, 2.05) is 53.4 Å². The lowest BCUT2D eigenvalue weighted by Gasteiger charge is -2.20. The van der Waals surface area contributed by atoms with Gasteiger partial charge in [-0.25, -0.2) is 9.79 Å². The molecule has 4 rings (SSSR count). The van der Waals surface area contributed by atoms with Gasteiger partial charge in [0, 0.05) is 23.3 Å². The number of anilines is 2. The number of aliphatic hydroxyl groups is 1. The third kappa shape index (κ3) is 5.36. The molecule has 3 aromatic rings. The summed E-state index contributed by atoms with van der Waals surface area (Å²) >= 11 is 1.46. The summed E-state index contributed by atoms with van der Waals surface area (Å²) in [5.74, 6) is 2.32. The molecule has 33 heavy (non-hydrogen) atoms. The predicted molar refractivity (Wildman–Crippen MR) is 128 cm³/mol. The second-order valence-corrected chi connectivity index (χ2v) is 8.21. The SMILES string of the molecule is COc1ccc(N(C=Nc2ccn(C3CSC(CO)O3)c(=O)n2)c2ccc(OC)cc2)cc1. The van der Waals surface area contributed by atoms with E-state index >= 15 is 0 Å². The molecule has 1 aliphatic rings. The first-order chi connectivity index (χ1) is 16.1. The van der Waals surface area contributed by atoms with E-state index in [9.17, 15) is 9.90 Å². The van der Waals surface area contributed by atoms with Gasteiger partial charge >= 0.3 is 5.69 Å². The second-order valence-electron chi connectivity index (χ2n) is 7.02. The third-order valence-electron chi connectivity index (χ3n) is 5.01. The molecule has 0 saturated carbocycles. The lowest BCUT2D eigenvalue weighted by molar-refractivity contribution is -0.00630. The highest BCUT2D eigenvalue weighted by molar-refractivity contribution is 8.00. The fourth-order valence-corrected chi connectivity index (χ4v) is 4.20. The summed E-state index contributed by atoms with van der Waals surface area (Å²) in [5, 5.41) is 9.23. The summed E-state index contributed by atoms with van der Waals surface area (Å²) in [4.78, 5) is 22.9. The summed E-state index contributed by atoms with van der Waals surface area (Å²) in [6.45, 7) is -0.0989. The maximum Gasteiger partial charge on any atom is 0.351 e. The Balaban J connectivity index is 1.60. The molecule has 0 amide bonds. The lowest BCUT2D eigenvalue weighted by atomic mass is 10.2. The van der Waals surface area contributed by atoms with Crippen molar-refractivity contribution < 1.29 is 19.3 Å². The molecular formula is C23H24N4O5S. The molecule has 2 atom stereocenters. The summed E-state index contributed by atoms with van der Waals surface area (Å²) in [6, 6.07) is 16.7. The zero-order valence-corrected chi connectivity index (χ0v) is 19.0. The maximum absolute atomic E-state index is 12.5. The van der Waals surface area contributed by atoms with Gasteiger partial charge in [-0.1, -0.05) is 0 Å². The first-order valence-electron chi connectivity index (χ1n) is 10.2. The highest BCUT2D eigenvalue weighted by atomic mass is 32.2. The fraction of sp³-hybridized carbons (Fsp3) is 0.261. The van der Waals surface area contributed by atoms with Gasteiger partial charge in [0.25, 0.3) is 0 Å². The summed E-state index contributed by atoms with van der Waals surface area (Å²) in [6.07, 6.45) is 2.76. The average molecular weight is 469 g/mol. The predicted octanol–water partition coefficient (Wildman–Crippen LogP) is 3.34. The van der Waals surface area contributed by atoms with E-state index in [0.717, 1.165) is 22.9 Å². The van der Waals surface area contributed by atoms with Gasteiger partial charge in [0.15, 0.2) is 5.82 Å². The molecule has 1 aliphatic heterocycles. The quantitative estimate of drug-likeness (QED) is 0.397. The molecule has 0 bridgehead atoms. The number of benzene rings is 2. The van der Waals surface area contributed by atoms with Crippen LogP contribution >= 0.6 is 11.8 Å². The normalized spacial score (nSPS) is 17.9. The van der Waals surface area contributed by atoms with Crippen LogP contribution in [0.5, 0.6) is 11.5 Å². The van der Waals surface area contributed by atoms with Crippen molar-refractivity contribution in [3.05, 3.63) is 71.3 Å². The number of hydrogen-bond donors (Lipinski definition) is 1. The highest BCUT2D eigenvalue weighted by Crippen LogP contribution is 2.31.